The number of nitrogens with zero attached hydrogens (tertiary/aromatic N) is 1. The Morgan fingerprint density at radius 2 is 2.27 bits per heavy atom. The molecule has 116 valence electrons. The van der Waals surface area contributed by atoms with Crippen molar-refractivity contribution in [2.75, 3.05) is 13.9 Å². The number of ether oxygens (including phenoxy) is 3. The number of amides is 1. The van der Waals surface area contributed by atoms with Gasteiger partial charge >= 0.3 is 0 Å². The van der Waals surface area contributed by atoms with Crippen molar-refractivity contribution < 1.29 is 19.0 Å². The van der Waals surface area contributed by atoms with E-state index in [0.29, 0.717) is 13.2 Å². The molecule has 3 rings (SSSR count). The molecule has 0 aliphatic carbocycles. The van der Waals surface area contributed by atoms with Crippen molar-refractivity contribution in [3.05, 3.63) is 39.8 Å². The lowest BCUT2D eigenvalue weighted by Crippen LogP contribution is -2.24. The summed E-state index contributed by atoms with van der Waals surface area (Å²) in [7, 11) is 1.62. The minimum absolute atomic E-state index is 0.0630. The minimum atomic E-state index is -0.0630. The first-order valence-electron chi connectivity index (χ1n) is 6.82. The number of fused-ring (bicyclic) bond motifs is 1. The van der Waals surface area contributed by atoms with Gasteiger partial charge in [0.25, 0.3) is 0 Å². The van der Waals surface area contributed by atoms with Crippen LogP contribution >= 0.6 is 11.3 Å². The van der Waals surface area contributed by atoms with E-state index in [9.17, 15) is 4.79 Å². The molecular weight excluding hydrogens is 304 g/mol. The van der Waals surface area contributed by atoms with Crippen molar-refractivity contribution in [3.8, 4) is 11.5 Å². The lowest BCUT2D eigenvalue weighted by Gasteiger charge is -2.05. The summed E-state index contributed by atoms with van der Waals surface area (Å²) in [6.07, 6.45) is 0.269. The summed E-state index contributed by atoms with van der Waals surface area (Å²) in [4.78, 5) is 16.3. The zero-order chi connectivity index (χ0) is 15.4. The number of benzene rings is 1. The normalized spacial score (nSPS) is 12.4. The highest BCUT2D eigenvalue weighted by molar-refractivity contribution is 7.09. The molecule has 6 nitrogen and oxygen atoms in total. The van der Waals surface area contributed by atoms with Gasteiger partial charge in [-0.3, -0.25) is 4.79 Å². The summed E-state index contributed by atoms with van der Waals surface area (Å²) in [5.41, 5.74) is 1.73. The van der Waals surface area contributed by atoms with Crippen molar-refractivity contribution in [2.24, 2.45) is 0 Å². The molecular formula is C15H16N2O4S. The maximum atomic E-state index is 12.0. The molecule has 1 amide bonds. The van der Waals surface area contributed by atoms with Gasteiger partial charge in [0.05, 0.1) is 18.7 Å². The average Bonchev–Trinajstić information content (AvgIpc) is 3.14. The number of nitrogens with one attached hydrogen (secondary N) is 1. The average molecular weight is 320 g/mol. The van der Waals surface area contributed by atoms with E-state index in [1.165, 1.54) is 11.3 Å². The molecule has 1 N–H and O–H groups in total. The van der Waals surface area contributed by atoms with Gasteiger partial charge in [0.2, 0.25) is 12.7 Å². The molecule has 0 unspecified atom stereocenters. The van der Waals surface area contributed by atoms with E-state index in [2.05, 4.69) is 10.3 Å². The molecule has 2 heterocycles. The molecule has 1 aromatic carbocycles. The molecule has 0 atom stereocenters. The number of carbonyl (C=O) groups is 1. The Morgan fingerprint density at radius 3 is 3.14 bits per heavy atom. The zero-order valence-corrected chi connectivity index (χ0v) is 12.9. The largest absolute Gasteiger partial charge is 0.454 e. The van der Waals surface area contributed by atoms with Gasteiger partial charge in [-0.25, -0.2) is 4.98 Å². The standard InChI is InChI=1S/C15H16N2O4S/c1-19-7-15-17-11(8-22-15)5-14(18)16-6-10-2-3-12-13(4-10)21-9-20-12/h2-4,8H,5-7,9H2,1H3,(H,16,18). The monoisotopic (exact) mass is 320 g/mol. The van der Waals surface area contributed by atoms with Crippen molar-refractivity contribution in [2.45, 2.75) is 19.6 Å². The van der Waals surface area contributed by atoms with Gasteiger partial charge < -0.3 is 19.5 Å². The fourth-order valence-electron chi connectivity index (χ4n) is 2.10. The second kappa shape index (κ2) is 6.76. The topological polar surface area (TPSA) is 69.7 Å². The van der Waals surface area contributed by atoms with Gasteiger partial charge in [-0.1, -0.05) is 6.07 Å². The number of rotatable bonds is 6. The molecule has 1 aromatic heterocycles. The smallest absolute Gasteiger partial charge is 0.231 e. The van der Waals surface area contributed by atoms with Crippen LogP contribution < -0.4 is 14.8 Å². The molecule has 0 fully saturated rings. The summed E-state index contributed by atoms with van der Waals surface area (Å²) in [6, 6.07) is 5.64. The second-order valence-corrected chi connectivity index (χ2v) is 5.75. The van der Waals surface area contributed by atoms with Crippen molar-refractivity contribution in [3.63, 3.8) is 0 Å². The Kier molecular flexibility index (Phi) is 4.55. The van der Waals surface area contributed by atoms with Gasteiger partial charge in [-0.2, -0.15) is 0 Å². The lowest BCUT2D eigenvalue weighted by molar-refractivity contribution is -0.120. The Labute approximate surface area is 132 Å². The minimum Gasteiger partial charge on any atom is -0.454 e. The fourth-order valence-corrected chi connectivity index (χ4v) is 2.86. The third-order valence-corrected chi connectivity index (χ3v) is 4.01. The molecule has 1 aliphatic rings. The molecule has 0 radical (unpaired) electrons. The van der Waals surface area contributed by atoms with Crippen LogP contribution in [-0.2, 0) is 29.1 Å². The Morgan fingerprint density at radius 1 is 1.41 bits per heavy atom. The van der Waals surface area contributed by atoms with Crippen LogP contribution in [0.5, 0.6) is 11.5 Å². The Balaban J connectivity index is 1.51. The van der Waals surface area contributed by atoms with E-state index >= 15 is 0 Å². The van der Waals surface area contributed by atoms with E-state index in [4.69, 9.17) is 14.2 Å². The van der Waals surface area contributed by atoms with Crippen LogP contribution in [0.1, 0.15) is 16.3 Å². The Hall–Kier alpha value is -2.12. The third-order valence-electron chi connectivity index (χ3n) is 3.14. The fraction of sp³-hybridized carbons (Fsp3) is 0.333. The third kappa shape index (κ3) is 3.55. The highest BCUT2D eigenvalue weighted by Crippen LogP contribution is 2.32. The SMILES string of the molecule is COCc1nc(CC(=O)NCc2ccc3c(c2)OCO3)cs1. The van der Waals surface area contributed by atoms with Crippen molar-refractivity contribution in [1.82, 2.24) is 10.3 Å². The van der Waals surface area contributed by atoms with Crippen LogP contribution in [0.3, 0.4) is 0 Å². The molecule has 0 spiro atoms. The van der Waals surface area contributed by atoms with Gasteiger partial charge in [0.1, 0.15) is 5.01 Å². The van der Waals surface area contributed by atoms with E-state index in [-0.39, 0.29) is 19.1 Å². The maximum absolute atomic E-state index is 12.0. The van der Waals surface area contributed by atoms with Crippen molar-refractivity contribution >= 4 is 17.2 Å². The highest BCUT2D eigenvalue weighted by Gasteiger charge is 2.13. The van der Waals surface area contributed by atoms with Gasteiger partial charge in [0.15, 0.2) is 11.5 Å². The summed E-state index contributed by atoms with van der Waals surface area (Å²) >= 11 is 1.50. The van der Waals surface area contributed by atoms with E-state index < -0.39 is 0 Å². The summed E-state index contributed by atoms with van der Waals surface area (Å²) in [6.45, 7) is 1.17. The predicted octanol–water partition coefficient (Wildman–Crippen LogP) is 1.88. The van der Waals surface area contributed by atoms with Crippen LogP contribution in [-0.4, -0.2) is 24.8 Å². The molecule has 0 bridgehead atoms. The zero-order valence-electron chi connectivity index (χ0n) is 12.1. The van der Waals surface area contributed by atoms with E-state index in [1.807, 2.05) is 23.6 Å². The molecule has 7 heteroatoms. The maximum Gasteiger partial charge on any atom is 0.231 e. The number of methoxy groups -OCH3 is 1. The summed E-state index contributed by atoms with van der Waals surface area (Å²) in [5.74, 6) is 1.39. The first kappa shape index (κ1) is 14.8. The molecule has 0 saturated carbocycles. The summed E-state index contributed by atoms with van der Waals surface area (Å²) in [5, 5.41) is 5.64. The Bertz CT molecular complexity index is 671. The lowest BCUT2D eigenvalue weighted by atomic mass is 10.2. The van der Waals surface area contributed by atoms with Crippen LogP contribution in [0.15, 0.2) is 23.6 Å². The number of aromatic nitrogens is 1. The van der Waals surface area contributed by atoms with Crippen LogP contribution in [0.4, 0.5) is 0 Å². The number of thiazole rings is 1. The van der Waals surface area contributed by atoms with Gasteiger partial charge in [-0.05, 0) is 17.7 Å². The molecule has 2 aromatic rings. The van der Waals surface area contributed by atoms with Crippen LogP contribution in [0, 0.1) is 0 Å². The van der Waals surface area contributed by atoms with E-state index in [1.54, 1.807) is 7.11 Å². The van der Waals surface area contributed by atoms with Crippen molar-refractivity contribution in [1.29, 1.82) is 0 Å². The van der Waals surface area contributed by atoms with Crippen LogP contribution in [0.2, 0.25) is 0 Å². The van der Waals surface area contributed by atoms with Crippen LogP contribution in [0.25, 0.3) is 0 Å². The first-order valence-corrected chi connectivity index (χ1v) is 7.70. The molecule has 0 saturated heterocycles. The first-order chi connectivity index (χ1) is 10.7. The number of carbonyl (C=O) groups excluding carboxylic acids is 1. The number of hydrogen-bond donors (Lipinski definition) is 1. The quantitative estimate of drug-likeness (QED) is 0.880. The predicted molar refractivity (Wildman–Crippen MR) is 80.9 cm³/mol. The van der Waals surface area contributed by atoms with Gasteiger partial charge in [-0.15, -0.1) is 11.3 Å². The molecule has 22 heavy (non-hydrogen) atoms. The molecule has 1 aliphatic heterocycles. The second-order valence-electron chi connectivity index (χ2n) is 4.81. The van der Waals surface area contributed by atoms with E-state index in [0.717, 1.165) is 27.8 Å². The highest BCUT2D eigenvalue weighted by atomic mass is 32.1. The van der Waals surface area contributed by atoms with Gasteiger partial charge in [0, 0.05) is 19.0 Å². The summed E-state index contributed by atoms with van der Waals surface area (Å²) < 4.78 is 15.6. The number of hydrogen-bond acceptors (Lipinski definition) is 6.